The van der Waals surface area contributed by atoms with Gasteiger partial charge >= 0.3 is 0 Å². The van der Waals surface area contributed by atoms with Gasteiger partial charge in [0, 0.05) is 25.1 Å². The van der Waals surface area contributed by atoms with Crippen molar-refractivity contribution in [3.63, 3.8) is 0 Å². The summed E-state index contributed by atoms with van der Waals surface area (Å²) in [6, 6.07) is 3.50. The summed E-state index contributed by atoms with van der Waals surface area (Å²) < 4.78 is 6.03. The van der Waals surface area contributed by atoms with Gasteiger partial charge in [-0.05, 0) is 55.6 Å². The third-order valence-corrected chi connectivity index (χ3v) is 7.44. The standard InChI is InChI=1S/C21H27NO5/c1-12-10-14-4-5-15(23)18-17(14)20(8-9-22(26)11-13-2-3-13)19(27-18)16(24)6-7-21(12,20)25/h4-5,12-13,19,23,25-26H,2-3,6-11H2,1H3/t12?,19?,20-,21?/m1/s1. The van der Waals surface area contributed by atoms with Crippen molar-refractivity contribution < 1.29 is 25.0 Å². The third kappa shape index (κ3) is 2.27. The summed E-state index contributed by atoms with van der Waals surface area (Å²) in [5.74, 6) is 0.863. The van der Waals surface area contributed by atoms with Gasteiger partial charge in [-0.2, -0.15) is 5.06 Å². The Hall–Kier alpha value is -1.63. The van der Waals surface area contributed by atoms with E-state index < -0.39 is 17.1 Å². The minimum absolute atomic E-state index is 0.0195. The van der Waals surface area contributed by atoms with E-state index in [1.165, 1.54) is 5.06 Å². The number of aliphatic hydroxyl groups is 1. The van der Waals surface area contributed by atoms with Crippen LogP contribution in [0.2, 0.25) is 0 Å². The van der Waals surface area contributed by atoms with Crippen molar-refractivity contribution in [3.8, 4) is 11.5 Å². The average molecular weight is 373 g/mol. The van der Waals surface area contributed by atoms with E-state index in [2.05, 4.69) is 0 Å². The molecule has 0 aromatic heterocycles. The fourth-order valence-electron chi connectivity index (χ4n) is 5.84. The molecule has 0 spiro atoms. The number of rotatable bonds is 5. The third-order valence-electron chi connectivity index (χ3n) is 7.44. The molecule has 4 atom stereocenters. The monoisotopic (exact) mass is 373 g/mol. The van der Waals surface area contributed by atoms with E-state index in [4.69, 9.17) is 4.74 Å². The van der Waals surface area contributed by atoms with Crippen LogP contribution in [-0.4, -0.2) is 51.1 Å². The number of hydrogen-bond donors (Lipinski definition) is 3. The molecule has 2 fully saturated rings. The lowest BCUT2D eigenvalue weighted by Crippen LogP contribution is -2.68. The molecular formula is C21H27NO5. The predicted octanol–water partition coefficient (Wildman–Crippen LogP) is 2.17. The van der Waals surface area contributed by atoms with Crippen molar-refractivity contribution in [1.82, 2.24) is 5.06 Å². The van der Waals surface area contributed by atoms with Crippen LogP contribution in [0, 0.1) is 11.8 Å². The molecule has 0 amide bonds. The smallest absolute Gasteiger partial charge is 0.174 e. The molecule has 3 N–H and O–H groups in total. The van der Waals surface area contributed by atoms with Crippen LogP contribution in [0.1, 0.15) is 50.2 Å². The SMILES string of the molecule is CC1Cc2ccc(O)c3c2[C@]2(CCN(O)CC4CC4)C(O3)C(=O)CCC12O. The Morgan fingerprint density at radius 2 is 2.11 bits per heavy atom. The Labute approximate surface area is 158 Å². The average Bonchev–Trinajstić information content (AvgIpc) is 3.36. The summed E-state index contributed by atoms with van der Waals surface area (Å²) in [5.41, 5.74) is -0.170. The normalized spacial score (nSPS) is 36.7. The number of aromatic hydroxyl groups is 1. The fraction of sp³-hybridized carbons (Fsp3) is 0.667. The first-order chi connectivity index (χ1) is 12.9. The van der Waals surface area contributed by atoms with E-state index in [1.807, 2.05) is 13.0 Å². The summed E-state index contributed by atoms with van der Waals surface area (Å²) in [6.07, 6.45) is 3.29. The molecule has 1 aliphatic heterocycles. The largest absolute Gasteiger partial charge is 0.504 e. The number of hydrogen-bond acceptors (Lipinski definition) is 6. The first kappa shape index (κ1) is 17.5. The molecule has 27 heavy (non-hydrogen) atoms. The molecule has 3 unspecified atom stereocenters. The van der Waals surface area contributed by atoms with Crippen LogP contribution in [0.15, 0.2) is 12.1 Å². The molecule has 6 nitrogen and oxygen atoms in total. The summed E-state index contributed by atoms with van der Waals surface area (Å²) in [6.45, 7) is 3.03. The van der Waals surface area contributed by atoms with Gasteiger partial charge in [0.25, 0.3) is 0 Å². The first-order valence-corrected chi connectivity index (χ1v) is 10.1. The van der Waals surface area contributed by atoms with Crippen molar-refractivity contribution >= 4 is 5.78 Å². The molecule has 1 aromatic carbocycles. The van der Waals surface area contributed by atoms with Gasteiger partial charge in [0.05, 0.1) is 11.0 Å². The van der Waals surface area contributed by atoms with Crippen molar-refractivity contribution in [2.24, 2.45) is 11.8 Å². The summed E-state index contributed by atoms with van der Waals surface area (Å²) in [4.78, 5) is 12.8. The number of ketones is 1. The van der Waals surface area contributed by atoms with Crippen molar-refractivity contribution in [3.05, 3.63) is 23.3 Å². The van der Waals surface area contributed by atoms with E-state index in [1.54, 1.807) is 6.07 Å². The number of carbonyl (C=O) groups is 1. The summed E-state index contributed by atoms with van der Waals surface area (Å²) in [5, 5.41) is 34.0. The quantitative estimate of drug-likeness (QED) is 0.686. The van der Waals surface area contributed by atoms with Gasteiger partial charge in [-0.3, -0.25) is 4.79 Å². The zero-order valence-electron chi connectivity index (χ0n) is 15.6. The van der Waals surface area contributed by atoms with Gasteiger partial charge < -0.3 is 20.2 Å². The number of ether oxygens (including phenoxy) is 1. The molecule has 1 aromatic rings. The van der Waals surface area contributed by atoms with E-state index in [0.29, 0.717) is 44.0 Å². The molecule has 6 heteroatoms. The van der Waals surface area contributed by atoms with Crippen LogP contribution in [0.4, 0.5) is 0 Å². The number of phenolic OH excluding ortho intramolecular Hbond substituents is 1. The van der Waals surface area contributed by atoms with Crippen LogP contribution in [0.25, 0.3) is 0 Å². The molecule has 146 valence electrons. The lowest BCUT2D eigenvalue weighted by atomic mass is 9.49. The Morgan fingerprint density at radius 1 is 1.33 bits per heavy atom. The molecular weight excluding hydrogens is 346 g/mol. The van der Waals surface area contributed by atoms with Gasteiger partial charge in [0.15, 0.2) is 23.4 Å². The lowest BCUT2D eigenvalue weighted by molar-refractivity contribution is -0.171. The highest BCUT2D eigenvalue weighted by atomic mass is 16.5. The molecule has 2 saturated carbocycles. The van der Waals surface area contributed by atoms with Crippen molar-refractivity contribution in [2.75, 3.05) is 13.1 Å². The maximum Gasteiger partial charge on any atom is 0.174 e. The maximum atomic E-state index is 12.8. The second-order valence-corrected chi connectivity index (χ2v) is 9.02. The Balaban J connectivity index is 1.62. The van der Waals surface area contributed by atoms with Crippen LogP contribution >= 0.6 is 0 Å². The van der Waals surface area contributed by atoms with E-state index in [9.17, 15) is 20.2 Å². The Bertz CT molecular complexity index is 806. The fourth-order valence-corrected chi connectivity index (χ4v) is 5.84. The Kier molecular flexibility index (Phi) is 3.68. The summed E-state index contributed by atoms with van der Waals surface area (Å²) >= 11 is 0. The van der Waals surface area contributed by atoms with Crippen LogP contribution in [0.5, 0.6) is 11.5 Å². The molecule has 0 radical (unpaired) electrons. The zero-order valence-corrected chi connectivity index (χ0v) is 15.6. The van der Waals surface area contributed by atoms with Crippen LogP contribution < -0.4 is 4.74 Å². The number of hydroxylamine groups is 2. The van der Waals surface area contributed by atoms with Gasteiger partial charge in [-0.1, -0.05) is 13.0 Å². The van der Waals surface area contributed by atoms with E-state index >= 15 is 0 Å². The molecule has 0 saturated heterocycles. The highest BCUT2D eigenvalue weighted by Crippen LogP contribution is 2.63. The maximum absolute atomic E-state index is 12.8. The highest BCUT2D eigenvalue weighted by molar-refractivity contribution is 5.89. The Morgan fingerprint density at radius 3 is 2.85 bits per heavy atom. The second-order valence-electron chi connectivity index (χ2n) is 9.02. The predicted molar refractivity (Wildman–Crippen MR) is 97.0 cm³/mol. The number of Topliss-reactive ketones (excluding diaryl/α,β-unsaturated/α-hetero) is 1. The van der Waals surface area contributed by atoms with E-state index in [0.717, 1.165) is 24.0 Å². The summed E-state index contributed by atoms with van der Waals surface area (Å²) in [7, 11) is 0. The number of carbonyl (C=O) groups excluding carboxylic acids is 1. The van der Waals surface area contributed by atoms with Gasteiger partial charge in [-0.15, -0.1) is 0 Å². The number of nitrogens with zero attached hydrogens (tertiary/aromatic N) is 1. The highest BCUT2D eigenvalue weighted by Gasteiger charge is 2.69. The number of phenols is 1. The van der Waals surface area contributed by atoms with Crippen molar-refractivity contribution in [2.45, 2.75) is 62.6 Å². The first-order valence-electron chi connectivity index (χ1n) is 10.1. The molecule has 1 heterocycles. The lowest BCUT2D eigenvalue weighted by Gasteiger charge is -2.56. The number of benzene rings is 1. The minimum atomic E-state index is -1.09. The topological polar surface area (TPSA) is 90.2 Å². The van der Waals surface area contributed by atoms with Gasteiger partial charge in [-0.25, -0.2) is 0 Å². The molecule has 0 bridgehead atoms. The van der Waals surface area contributed by atoms with Crippen LogP contribution in [0.3, 0.4) is 0 Å². The molecule has 3 aliphatic carbocycles. The van der Waals surface area contributed by atoms with Gasteiger partial charge in [0.1, 0.15) is 0 Å². The van der Waals surface area contributed by atoms with Gasteiger partial charge in [0.2, 0.25) is 0 Å². The van der Waals surface area contributed by atoms with E-state index in [-0.39, 0.29) is 23.9 Å². The van der Waals surface area contributed by atoms with Crippen LogP contribution in [-0.2, 0) is 16.6 Å². The zero-order chi connectivity index (χ0) is 19.0. The molecule has 5 rings (SSSR count). The molecule has 4 aliphatic rings. The van der Waals surface area contributed by atoms with Crippen molar-refractivity contribution in [1.29, 1.82) is 0 Å². The second kappa shape index (κ2) is 5.69. The minimum Gasteiger partial charge on any atom is -0.504 e.